The molecule has 0 aliphatic rings. The van der Waals surface area contributed by atoms with Gasteiger partial charge in [-0.1, -0.05) is 18.2 Å². The van der Waals surface area contributed by atoms with E-state index >= 15 is 0 Å². The summed E-state index contributed by atoms with van der Waals surface area (Å²) in [4.78, 5) is 23.4. The molecule has 0 heterocycles. The monoisotopic (exact) mass is 629 g/mol. The first-order valence-electron chi connectivity index (χ1n) is 8.90. The van der Waals surface area contributed by atoms with E-state index in [1.807, 2.05) is 18.2 Å². The number of nitrogens with one attached hydrogen (secondary N) is 1. The van der Waals surface area contributed by atoms with Crippen molar-refractivity contribution in [3.05, 3.63) is 78.9 Å². The number of phenolic OH excluding ortho intramolecular Hbond substituents is 1. The molecule has 0 aliphatic heterocycles. The minimum atomic E-state index is -0.842. The molecule has 0 radical (unpaired) electrons. The summed E-state index contributed by atoms with van der Waals surface area (Å²) in [5.74, 6) is -0.428. The number of aromatic hydroxyl groups is 1. The van der Waals surface area contributed by atoms with E-state index in [0.717, 1.165) is 12.7 Å². The molecule has 1 amide bonds. The van der Waals surface area contributed by atoms with Crippen LogP contribution in [-0.2, 0) is 11.2 Å². The minimum Gasteiger partial charge on any atom is -0.507 e. The van der Waals surface area contributed by atoms with Crippen molar-refractivity contribution in [3.8, 4) is 17.2 Å². The maximum atomic E-state index is 12.6. The highest BCUT2D eigenvalue weighted by atomic mass is 127. The van der Waals surface area contributed by atoms with E-state index in [1.165, 1.54) is 12.1 Å². The van der Waals surface area contributed by atoms with Crippen LogP contribution in [0, 0.1) is 7.14 Å². The molecule has 6 nitrogen and oxygen atoms in total. The smallest absolute Gasteiger partial charge is 0.303 e. The molecule has 0 unspecified atom stereocenters. The number of rotatable bonds is 7. The molecule has 3 rings (SSSR count). The fourth-order valence-corrected chi connectivity index (χ4v) is 4.82. The SMILES string of the molecule is O=C(O)CCc1cc(I)c(Oc2ccc(O)c(C(=O)Nc3ccccc3)c2)c(I)c1. The normalized spacial score (nSPS) is 10.5. The fraction of sp³-hybridized carbons (Fsp3) is 0.0909. The second-order valence-electron chi connectivity index (χ2n) is 6.38. The topological polar surface area (TPSA) is 95.9 Å². The lowest BCUT2D eigenvalue weighted by molar-refractivity contribution is -0.136. The van der Waals surface area contributed by atoms with Crippen LogP contribution in [0.2, 0.25) is 0 Å². The van der Waals surface area contributed by atoms with Crippen LogP contribution in [0.25, 0.3) is 0 Å². The van der Waals surface area contributed by atoms with E-state index < -0.39 is 11.9 Å². The highest BCUT2D eigenvalue weighted by molar-refractivity contribution is 14.1. The number of phenols is 1. The first-order chi connectivity index (χ1) is 14.3. The Bertz CT molecular complexity index is 1060. The number of hydrogen-bond donors (Lipinski definition) is 3. The summed E-state index contributed by atoms with van der Waals surface area (Å²) in [6.07, 6.45) is 0.495. The zero-order valence-electron chi connectivity index (χ0n) is 15.6. The van der Waals surface area contributed by atoms with E-state index in [2.05, 4.69) is 50.5 Å². The zero-order chi connectivity index (χ0) is 21.7. The van der Waals surface area contributed by atoms with Gasteiger partial charge in [-0.15, -0.1) is 0 Å². The number of carboxylic acid groups (broad SMARTS) is 1. The maximum absolute atomic E-state index is 12.6. The van der Waals surface area contributed by atoms with Gasteiger partial charge in [-0.25, -0.2) is 0 Å². The lowest BCUT2D eigenvalue weighted by Gasteiger charge is -2.13. The maximum Gasteiger partial charge on any atom is 0.303 e. The largest absolute Gasteiger partial charge is 0.507 e. The molecular formula is C22H17I2NO5. The van der Waals surface area contributed by atoms with E-state index in [9.17, 15) is 14.7 Å². The van der Waals surface area contributed by atoms with Crippen LogP contribution in [0.15, 0.2) is 60.7 Å². The Balaban J connectivity index is 1.81. The predicted molar refractivity (Wildman–Crippen MR) is 130 cm³/mol. The Kier molecular flexibility index (Phi) is 7.53. The number of amides is 1. The summed E-state index contributed by atoms with van der Waals surface area (Å²) in [5, 5.41) is 21.7. The number of carbonyl (C=O) groups excluding carboxylic acids is 1. The van der Waals surface area contributed by atoms with Gasteiger partial charge < -0.3 is 20.3 Å². The molecule has 3 aromatic rings. The Morgan fingerprint density at radius 2 is 1.63 bits per heavy atom. The van der Waals surface area contributed by atoms with Gasteiger partial charge in [-0.3, -0.25) is 9.59 Å². The van der Waals surface area contributed by atoms with Gasteiger partial charge in [-0.2, -0.15) is 0 Å². The van der Waals surface area contributed by atoms with Crippen LogP contribution in [0.1, 0.15) is 22.3 Å². The van der Waals surface area contributed by atoms with Crippen LogP contribution < -0.4 is 10.1 Å². The molecule has 0 bridgehead atoms. The number of hydrogen-bond acceptors (Lipinski definition) is 4. The minimum absolute atomic E-state index is 0.0597. The quantitative estimate of drug-likeness (QED) is 0.294. The number of para-hydroxylation sites is 1. The lowest BCUT2D eigenvalue weighted by atomic mass is 10.1. The van der Waals surface area contributed by atoms with E-state index in [1.54, 1.807) is 30.3 Å². The number of carbonyl (C=O) groups is 2. The standard InChI is InChI=1S/C22H17I2NO5/c23-17-10-13(6-9-20(27)28)11-18(24)21(17)30-15-7-8-19(26)16(12-15)22(29)25-14-4-2-1-3-5-14/h1-5,7-8,10-12,26H,6,9H2,(H,25,29)(H,27,28). The summed E-state index contributed by atoms with van der Waals surface area (Å²) in [6.45, 7) is 0. The second kappa shape index (κ2) is 10.1. The Hall–Kier alpha value is -2.34. The molecule has 0 aromatic heterocycles. The average molecular weight is 629 g/mol. The van der Waals surface area contributed by atoms with Gasteiger partial charge in [0.1, 0.15) is 11.5 Å². The zero-order valence-corrected chi connectivity index (χ0v) is 19.9. The van der Waals surface area contributed by atoms with Crippen molar-refractivity contribution in [3.63, 3.8) is 0 Å². The van der Waals surface area contributed by atoms with Crippen LogP contribution >= 0.6 is 45.2 Å². The third-order valence-corrected chi connectivity index (χ3v) is 5.75. The number of benzene rings is 3. The van der Waals surface area contributed by atoms with Gasteiger partial charge in [-0.05, 0) is 99.6 Å². The summed E-state index contributed by atoms with van der Waals surface area (Å²) in [7, 11) is 0. The molecule has 0 saturated carbocycles. The molecule has 0 fully saturated rings. The first-order valence-corrected chi connectivity index (χ1v) is 11.1. The third-order valence-electron chi connectivity index (χ3n) is 4.15. The van der Waals surface area contributed by atoms with Crippen LogP contribution in [0.5, 0.6) is 17.2 Å². The van der Waals surface area contributed by atoms with Crippen molar-refractivity contribution >= 4 is 62.7 Å². The first kappa shape index (κ1) is 22.3. The number of anilines is 1. The van der Waals surface area contributed by atoms with Gasteiger partial charge in [0.15, 0.2) is 5.75 Å². The van der Waals surface area contributed by atoms with Crippen molar-refractivity contribution in [1.29, 1.82) is 0 Å². The summed E-state index contributed by atoms with van der Waals surface area (Å²) < 4.78 is 7.64. The van der Waals surface area contributed by atoms with Crippen LogP contribution in [0.4, 0.5) is 5.69 Å². The molecule has 3 aromatic carbocycles. The van der Waals surface area contributed by atoms with Gasteiger partial charge in [0.25, 0.3) is 5.91 Å². The average Bonchev–Trinajstić information content (AvgIpc) is 2.71. The molecule has 30 heavy (non-hydrogen) atoms. The van der Waals surface area contributed by atoms with Crippen molar-refractivity contribution < 1.29 is 24.5 Å². The highest BCUT2D eigenvalue weighted by Crippen LogP contribution is 2.35. The second-order valence-corrected chi connectivity index (χ2v) is 8.71. The Labute approximate surface area is 200 Å². The summed E-state index contributed by atoms with van der Waals surface area (Å²) >= 11 is 4.27. The van der Waals surface area contributed by atoms with Gasteiger partial charge in [0.2, 0.25) is 0 Å². The number of halogens is 2. The van der Waals surface area contributed by atoms with Crippen molar-refractivity contribution in [2.24, 2.45) is 0 Å². The molecule has 0 aliphatic carbocycles. The molecule has 0 saturated heterocycles. The van der Waals surface area contributed by atoms with Gasteiger partial charge >= 0.3 is 5.97 Å². The van der Waals surface area contributed by atoms with Gasteiger partial charge in [0.05, 0.1) is 12.7 Å². The Morgan fingerprint density at radius 3 is 2.27 bits per heavy atom. The number of aryl methyl sites for hydroxylation is 1. The molecule has 0 atom stereocenters. The highest BCUT2D eigenvalue weighted by Gasteiger charge is 2.16. The fourth-order valence-electron chi connectivity index (χ4n) is 2.70. The van der Waals surface area contributed by atoms with E-state index in [-0.39, 0.29) is 17.7 Å². The summed E-state index contributed by atoms with van der Waals surface area (Å²) in [6, 6.07) is 17.2. The van der Waals surface area contributed by atoms with Crippen LogP contribution in [-0.4, -0.2) is 22.1 Å². The lowest BCUT2D eigenvalue weighted by Crippen LogP contribution is -2.12. The van der Waals surface area contributed by atoms with E-state index in [0.29, 0.717) is 23.6 Å². The van der Waals surface area contributed by atoms with Crippen LogP contribution in [0.3, 0.4) is 0 Å². The number of aliphatic carboxylic acids is 1. The molecule has 8 heteroatoms. The number of carboxylic acids is 1. The van der Waals surface area contributed by atoms with Crippen molar-refractivity contribution in [2.45, 2.75) is 12.8 Å². The van der Waals surface area contributed by atoms with Crippen molar-refractivity contribution in [2.75, 3.05) is 5.32 Å². The molecule has 0 spiro atoms. The van der Waals surface area contributed by atoms with E-state index in [4.69, 9.17) is 9.84 Å². The van der Waals surface area contributed by atoms with Crippen molar-refractivity contribution in [1.82, 2.24) is 0 Å². The van der Waals surface area contributed by atoms with Gasteiger partial charge in [0, 0.05) is 12.1 Å². The summed E-state index contributed by atoms with van der Waals surface area (Å²) in [5.41, 5.74) is 1.63. The molecular weight excluding hydrogens is 612 g/mol. The predicted octanol–water partition coefficient (Wildman–Crippen LogP) is 5.66. The third kappa shape index (κ3) is 5.85. The number of ether oxygens (including phenoxy) is 1. The molecule has 154 valence electrons. The molecule has 3 N–H and O–H groups in total. The Morgan fingerprint density at radius 1 is 0.967 bits per heavy atom.